The number of halogens is 3. The topological polar surface area (TPSA) is 43.4 Å². The molecule has 0 N–H and O–H groups in total. The first kappa shape index (κ1) is 14.9. The van der Waals surface area contributed by atoms with Gasteiger partial charge in [-0.1, -0.05) is 6.07 Å². The van der Waals surface area contributed by atoms with Crippen molar-refractivity contribution < 1.29 is 25.8 Å². The van der Waals surface area contributed by atoms with E-state index in [0.29, 0.717) is 12.1 Å². The van der Waals surface area contributed by atoms with Crippen LogP contribution in [0.15, 0.2) is 35.2 Å². The predicted molar refractivity (Wildman–Crippen MR) is 72.6 cm³/mol. The Labute approximate surface area is 125 Å². The van der Waals surface area contributed by atoms with E-state index in [9.17, 15) is 21.6 Å². The summed E-state index contributed by atoms with van der Waals surface area (Å²) < 4.78 is 68.6. The molecule has 0 atom stereocenters. The minimum atomic E-state index is -4.58. The second kappa shape index (κ2) is 5.31. The van der Waals surface area contributed by atoms with Crippen LogP contribution in [-0.2, 0) is 23.0 Å². The average molecular weight is 328 g/mol. The van der Waals surface area contributed by atoms with Crippen molar-refractivity contribution in [1.82, 2.24) is 0 Å². The van der Waals surface area contributed by atoms with E-state index in [4.69, 9.17) is 4.18 Å². The summed E-state index contributed by atoms with van der Waals surface area (Å²) in [5, 5.41) is 0. The molecule has 0 aromatic heterocycles. The van der Waals surface area contributed by atoms with Crippen LogP contribution in [0.2, 0.25) is 0 Å². The second-order valence-corrected chi connectivity index (χ2v) is 6.51. The summed E-state index contributed by atoms with van der Waals surface area (Å²) in [4.78, 5) is -1.04. The summed E-state index contributed by atoms with van der Waals surface area (Å²) in [6.07, 6.45) is 2.70. The molecule has 2 aromatic carbocycles. The predicted octanol–water partition coefficient (Wildman–Crippen LogP) is 3.36. The molecule has 3 nitrogen and oxygen atoms in total. The molecule has 2 aromatic rings. The van der Waals surface area contributed by atoms with Crippen molar-refractivity contribution in [2.75, 3.05) is 0 Å². The van der Waals surface area contributed by atoms with Crippen LogP contribution < -0.4 is 4.18 Å². The Morgan fingerprint density at radius 3 is 2.41 bits per heavy atom. The molecule has 1 aliphatic carbocycles. The highest BCUT2D eigenvalue weighted by Crippen LogP contribution is 2.28. The van der Waals surface area contributed by atoms with Crippen LogP contribution in [0.1, 0.15) is 17.5 Å². The maximum absolute atomic E-state index is 13.6. The molecular formula is C15H11F3O3S. The summed E-state index contributed by atoms with van der Waals surface area (Å²) in [5.41, 5.74) is 2.09. The Morgan fingerprint density at radius 1 is 0.909 bits per heavy atom. The van der Waals surface area contributed by atoms with Crippen LogP contribution in [-0.4, -0.2) is 8.42 Å². The van der Waals surface area contributed by atoms with Gasteiger partial charge in [0, 0.05) is 0 Å². The second-order valence-electron chi connectivity index (χ2n) is 5.00. The Hall–Kier alpha value is -2.02. The van der Waals surface area contributed by atoms with Gasteiger partial charge in [0.05, 0.1) is 0 Å². The van der Waals surface area contributed by atoms with Gasteiger partial charge in [-0.25, -0.2) is 13.2 Å². The van der Waals surface area contributed by atoms with E-state index in [2.05, 4.69) is 0 Å². The summed E-state index contributed by atoms with van der Waals surface area (Å²) in [7, 11) is -4.58. The minimum absolute atomic E-state index is 0.0183. The molecule has 0 bridgehead atoms. The fourth-order valence-electron chi connectivity index (χ4n) is 2.47. The van der Waals surface area contributed by atoms with Gasteiger partial charge in [0.2, 0.25) is 0 Å². The van der Waals surface area contributed by atoms with Crippen LogP contribution in [0.25, 0.3) is 0 Å². The van der Waals surface area contributed by atoms with Crippen molar-refractivity contribution in [2.24, 2.45) is 0 Å². The Morgan fingerprint density at radius 2 is 1.64 bits per heavy atom. The molecule has 0 saturated heterocycles. The van der Waals surface area contributed by atoms with Gasteiger partial charge in [-0.15, -0.1) is 0 Å². The molecule has 0 amide bonds. The zero-order valence-corrected chi connectivity index (χ0v) is 12.1. The SMILES string of the molecule is O=S(=O)(Oc1ccc2c(c1)CCC2)c1ccc(F)c(F)c1F. The highest BCUT2D eigenvalue weighted by atomic mass is 32.2. The number of benzene rings is 2. The lowest BCUT2D eigenvalue weighted by atomic mass is 10.1. The lowest BCUT2D eigenvalue weighted by Crippen LogP contribution is -2.13. The van der Waals surface area contributed by atoms with E-state index in [-0.39, 0.29) is 5.75 Å². The largest absolute Gasteiger partial charge is 0.379 e. The molecular weight excluding hydrogens is 317 g/mol. The number of rotatable bonds is 3. The van der Waals surface area contributed by atoms with Crippen molar-refractivity contribution in [3.63, 3.8) is 0 Å². The van der Waals surface area contributed by atoms with Crippen molar-refractivity contribution in [2.45, 2.75) is 24.2 Å². The van der Waals surface area contributed by atoms with Crippen molar-refractivity contribution in [3.05, 3.63) is 58.9 Å². The first-order chi connectivity index (χ1) is 10.4. The Kier molecular flexibility index (Phi) is 3.60. The standard InChI is InChI=1S/C15H11F3O3S/c16-12-6-7-13(15(18)14(12)17)22(19,20)21-11-5-4-9-2-1-3-10(9)8-11/h4-8H,1-3H2. The lowest BCUT2D eigenvalue weighted by Gasteiger charge is -2.09. The van der Waals surface area contributed by atoms with Gasteiger partial charge in [-0.3, -0.25) is 0 Å². The summed E-state index contributed by atoms with van der Waals surface area (Å²) in [6.45, 7) is 0. The molecule has 0 heterocycles. The quantitative estimate of drug-likeness (QED) is 0.641. The van der Waals surface area contributed by atoms with Crippen molar-refractivity contribution in [1.29, 1.82) is 0 Å². The molecule has 22 heavy (non-hydrogen) atoms. The Bertz CT molecular complexity index is 847. The van der Waals surface area contributed by atoms with E-state index in [1.54, 1.807) is 12.1 Å². The van der Waals surface area contributed by atoms with E-state index in [1.807, 2.05) is 0 Å². The minimum Gasteiger partial charge on any atom is -0.379 e. The third-order valence-corrected chi connectivity index (χ3v) is 4.81. The smallest absolute Gasteiger partial charge is 0.342 e. The molecule has 7 heteroatoms. The van der Waals surface area contributed by atoms with Gasteiger partial charge in [-0.2, -0.15) is 8.42 Å². The van der Waals surface area contributed by atoms with E-state index in [1.165, 1.54) is 6.07 Å². The first-order valence-electron chi connectivity index (χ1n) is 6.58. The molecule has 0 spiro atoms. The fourth-order valence-corrected chi connectivity index (χ4v) is 3.46. The number of aryl methyl sites for hydroxylation is 2. The van der Waals surface area contributed by atoms with Gasteiger partial charge < -0.3 is 4.18 Å². The maximum Gasteiger partial charge on any atom is 0.342 e. The fraction of sp³-hybridized carbons (Fsp3) is 0.200. The molecule has 0 fully saturated rings. The molecule has 0 radical (unpaired) electrons. The van der Waals surface area contributed by atoms with E-state index >= 15 is 0 Å². The zero-order chi connectivity index (χ0) is 15.9. The van der Waals surface area contributed by atoms with E-state index < -0.39 is 32.5 Å². The van der Waals surface area contributed by atoms with Crippen LogP contribution in [0.5, 0.6) is 5.75 Å². The third-order valence-electron chi connectivity index (χ3n) is 3.54. The molecule has 3 rings (SSSR count). The number of hydrogen-bond acceptors (Lipinski definition) is 3. The first-order valence-corrected chi connectivity index (χ1v) is 7.99. The van der Waals surface area contributed by atoms with Gasteiger partial charge in [-0.05, 0) is 54.7 Å². The summed E-state index contributed by atoms with van der Waals surface area (Å²) in [5.74, 6) is -5.08. The maximum atomic E-state index is 13.6. The van der Waals surface area contributed by atoms with Crippen molar-refractivity contribution >= 4 is 10.1 Å². The van der Waals surface area contributed by atoms with Gasteiger partial charge in [0.25, 0.3) is 0 Å². The third kappa shape index (κ3) is 2.56. The normalized spacial score (nSPS) is 14.0. The van der Waals surface area contributed by atoms with Gasteiger partial charge >= 0.3 is 10.1 Å². The van der Waals surface area contributed by atoms with E-state index in [0.717, 1.165) is 30.4 Å². The number of hydrogen-bond donors (Lipinski definition) is 0. The Balaban J connectivity index is 1.96. The number of fused-ring (bicyclic) bond motifs is 1. The molecule has 1 aliphatic rings. The summed E-state index contributed by atoms with van der Waals surface area (Å²) >= 11 is 0. The molecule has 0 aliphatic heterocycles. The van der Waals surface area contributed by atoms with Gasteiger partial charge in [0.1, 0.15) is 10.6 Å². The van der Waals surface area contributed by atoms with Crippen LogP contribution in [0, 0.1) is 17.5 Å². The lowest BCUT2D eigenvalue weighted by molar-refractivity contribution is 0.423. The zero-order valence-electron chi connectivity index (χ0n) is 11.3. The highest BCUT2D eigenvalue weighted by Gasteiger charge is 2.26. The van der Waals surface area contributed by atoms with Crippen LogP contribution in [0.3, 0.4) is 0 Å². The molecule has 0 unspecified atom stereocenters. The highest BCUT2D eigenvalue weighted by molar-refractivity contribution is 7.87. The molecule has 0 saturated carbocycles. The van der Waals surface area contributed by atoms with Crippen LogP contribution in [0.4, 0.5) is 13.2 Å². The van der Waals surface area contributed by atoms with Gasteiger partial charge in [0.15, 0.2) is 17.5 Å². The molecule has 116 valence electrons. The monoisotopic (exact) mass is 328 g/mol. The average Bonchev–Trinajstić information content (AvgIpc) is 2.91. The summed E-state index contributed by atoms with van der Waals surface area (Å²) in [6, 6.07) is 5.94. The van der Waals surface area contributed by atoms with Crippen molar-refractivity contribution in [3.8, 4) is 5.75 Å². The van der Waals surface area contributed by atoms with Crippen LogP contribution >= 0.6 is 0 Å².